The number of carbonyl (C=O) groups is 1. The third-order valence-corrected chi connectivity index (χ3v) is 3.68. The van der Waals surface area contributed by atoms with Gasteiger partial charge in [-0.2, -0.15) is 0 Å². The molecular formula is C14H22BrClN2O2. The zero-order valence-corrected chi connectivity index (χ0v) is 14.5. The van der Waals surface area contributed by atoms with E-state index in [1.54, 1.807) is 7.11 Å². The van der Waals surface area contributed by atoms with Gasteiger partial charge in [-0.15, -0.1) is 12.4 Å². The van der Waals surface area contributed by atoms with Crippen molar-refractivity contribution in [3.8, 4) is 5.75 Å². The SMILES string of the molecule is COc1ccc(C(C)NC(=O)C(N)C(C)C)cc1Br.Cl. The summed E-state index contributed by atoms with van der Waals surface area (Å²) in [5.74, 6) is 0.755. The van der Waals surface area contributed by atoms with Crippen molar-refractivity contribution < 1.29 is 9.53 Å². The van der Waals surface area contributed by atoms with Crippen molar-refractivity contribution in [1.82, 2.24) is 5.32 Å². The molecule has 1 aromatic rings. The molecule has 1 aromatic carbocycles. The minimum Gasteiger partial charge on any atom is -0.496 e. The third kappa shape index (κ3) is 4.96. The van der Waals surface area contributed by atoms with Gasteiger partial charge in [-0.1, -0.05) is 19.9 Å². The monoisotopic (exact) mass is 364 g/mol. The molecule has 0 fully saturated rings. The molecule has 2 atom stereocenters. The fourth-order valence-electron chi connectivity index (χ4n) is 1.65. The van der Waals surface area contributed by atoms with E-state index < -0.39 is 6.04 Å². The Kier molecular flexibility index (Phi) is 8.16. The number of hydrogen-bond donors (Lipinski definition) is 2. The standard InChI is InChI=1S/C14H21BrN2O2.ClH/c1-8(2)13(16)14(18)17-9(3)10-5-6-12(19-4)11(15)7-10;/h5-9,13H,16H2,1-4H3,(H,17,18);1H. The van der Waals surface area contributed by atoms with E-state index in [4.69, 9.17) is 10.5 Å². The van der Waals surface area contributed by atoms with E-state index in [9.17, 15) is 4.79 Å². The Morgan fingerprint density at radius 3 is 2.40 bits per heavy atom. The van der Waals surface area contributed by atoms with E-state index in [0.717, 1.165) is 15.8 Å². The van der Waals surface area contributed by atoms with Gasteiger partial charge in [-0.25, -0.2) is 0 Å². The second-order valence-corrected chi connectivity index (χ2v) is 5.75. The highest BCUT2D eigenvalue weighted by molar-refractivity contribution is 9.10. The Hall–Kier alpha value is -0.780. The highest BCUT2D eigenvalue weighted by atomic mass is 79.9. The molecule has 3 N–H and O–H groups in total. The zero-order valence-electron chi connectivity index (χ0n) is 12.1. The van der Waals surface area contributed by atoms with E-state index in [1.807, 2.05) is 39.0 Å². The lowest BCUT2D eigenvalue weighted by Gasteiger charge is -2.20. The molecule has 0 saturated carbocycles. The van der Waals surface area contributed by atoms with Gasteiger partial charge < -0.3 is 15.8 Å². The Labute approximate surface area is 135 Å². The molecule has 0 heterocycles. The molecule has 0 spiro atoms. The summed E-state index contributed by atoms with van der Waals surface area (Å²) in [5, 5.41) is 2.92. The van der Waals surface area contributed by atoms with Crippen LogP contribution in [-0.2, 0) is 4.79 Å². The van der Waals surface area contributed by atoms with Gasteiger partial charge in [0, 0.05) is 0 Å². The van der Waals surface area contributed by atoms with Crippen LogP contribution in [0.15, 0.2) is 22.7 Å². The van der Waals surface area contributed by atoms with Crippen molar-refractivity contribution >= 4 is 34.2 Å². The summed E-state index contributed by atoms with van der Waals surface area (Å²) < 4.78 is 6.04. The summed E-state index contributed by atoms with van der Waals surface area (Å²) in [6.07, 6.45) is 0. The summed E-state index contributed by atoms with van der Waals surface area (Å²) in [4.78, 5) is 11.9. The second-order valence-electron chi connectivity index (χ2n) is 4.89. The number of rotatable bonds is 5. The van der Waals surface area contributed by atoms with Crippen molar-refractivity contribution in [3.05, 3.63) is 28.2 Å². The van der Waals surface area contributed by atoms with Crippen LogP contribution in [0.5, 0.6) is 5.75 Å². The van der Waals surface area contributed by atoms with Crippen LogP contribution >= 0.6 is 28.3 Å². The molecule has 0 aliphatic heterocycles. The number of nitrogens with two attached hydrogens (primary N) is 1. The molecule has 0 aliphatic carbocycles. The van der Waals surface area contributed by atoms with Crippen molar-refractivity contribution in [2.24, 2.45) is 11.7 Å². The lowest BCUT2D eigenvalue weighted by atomic mass is 10.0. The Morgan fingerprint density at radius 2 is 1.95 bits per heavy atom. The molecule has 114 valence electrons. The number of carbonyl (C=O) groups excluding carboxylic acids is 1. The normalized spacial score (nSPS) is 13.3. The first-order valence-electron chi connectivity index (χ1n) is 6.26. The van der Waals surface area contributed by atoms with Gasteiger partial charge in [0.15, 0.2) is 0 Å². The number of nitrogens with one attached hydrogen (secondary N) is 1. The van der Waals surface area contributed by atoms with Crippen LogP contribution in [0, 0.1) is 5.92 Å². The predicted octanol–water partition coefficient (Wildman–Crippen LogP) is 3.04. The lowest BCUT2D eigenvalue weighted by Crippen LogP contribution is -2.44. The van der Waals surface area contributed by atoms with Crippen LogP contribution < -0.4 is 15.8 Å². The third-order valence-electron chi connectivity index (χ3n) is 3.06. The topological polar surface area (TPSA) is 64.3 Å². The van der Waals surface area contributed by atoms with Crippen LogP contribution in [-0.4, -0.2) is 19.1 Å². The van der Waals surface area contributed by atoms with E-state index in [2.05, 4.69) is 21.2 Å². The van der Waals surface area contributed by atoms with E-state index in [-0.39, 0.29) is 30.3 Å². The minimum atomic E-state index is -0.482. The molecule has 0 bridgehead atoms. The summed E-state index contributed by atoms with van der Waals surface area (Å²) >= 11 is 3.43. The van der Waals surface area contributed by atoms with Crippen molar-refractivity contribution in [3.63, 3.8) is 0 Å². The van der Waals surface area contributed by atoms with Gasteiger partial charge in [0.25, 0.3) is 0 Å². The van der Waals surface area contributed by atoms with Crippen LogP contribution in [0.4, 0.5) is 0 Å². The molecule has 0 aliphatic rings. The van der Waals surface area contributed by atoms with E-state index >= 15 is 0 Å². The van der Waals surface area contributed by atoms with Crippen molar-refractivity contribution in [1.29, 1.82) is 0 Å². The Morgan fingerprint density at radius 1 is 1.35 bits per heavy atom. The average Bonchev–Trinajstić information content (AvgIpc) is 2.37. The van der Waals surface area contributed by atoms with E-state index in [0.29, 0.717) is 0 Å². The molecule has 2 unspecified atom stereocenters. The van der Waals surface area contributed by atoms with Crippen LogP contribution in [0.25, 0.3) is 0 Å². The maximum Gasteiger partial charge on any atom is 0.237 e. The smallest absolute Gasteiger partial charge is 0.237 e. The second kappa shape index (κ2) is 8.49. The summed E-state index contributed by atoms with van der Waals surface area (Å²) in [6.45, 7) is 5.79. The van der Waals surface area contributed by atoms with Gasteiger partial charge in [-0.3, -0.25) is 4.79 Å². The highest BCUT2D eigenvalue weighted by Crippen LogP contribution is 2.27. The van der Waals surface area contributed by atoms with Crippen LogP contribution in [0.2, 0.25) is 0 Å². The number of hydrogen-bond acceptors (Lipinski definition) is 3. The van der Waals surface area contributed by atoms with Gasteiger partial charge in [0.1, 0.15) is 5.75 Å². The highest BCUT2D eigenvalue weighted by Gasteiger charge is 2.19. The summed E-state index contributed by atoms with van der Waals surface area (Å²) in [7, 11) is 1.62. The molecule has 0 radical (unpaired) electrons. The molecule has 6 heteroatoms. The number of ether oxygens (including phenoxy) is 1. The largest absolute Gasteiger partial charge is 0.496 e. The quantitative estimate of drug-likeness (QED) is 0.843. The van der Waals surface area contributed by atoms with Gasteiger partial charge >= 0.3 is 0 Å². The Bertz CT molecular complexity index is 455. The van der Waals surface area contributed by atoms with Gasteiger partial charge in [-0.05, 0) is 46.5 Å². The first kappa shape index (κ1) is 19.2. The predicted molar refractivity (Wildman–Crippen MR) is 87.3 cm³/mol. The Balaban J connectivity index is 0.00000361. The van der Waals surface area contributed by atoms with Gasteiger partial charge in [0.2, 0.25) is 5.91 Å². The molecule has 1 rings (SSSR count). The fourth-order valence-corrected chi connectivity index (χ4v) is 2.21. The maximum atomic E-state index is 11.9. The fraction of sp³-hybridized carbons (Fsp3) is 0.500. The molecular weight excluding hydrogens is 344 g/mol. The number of amides is 1. The molecule has 0 saturated heterocycles. The molecule has 0 aromatic heterocycles. The minimum absolute atomic E-state index is 0. The van der Waals surface area contributed by atoms with Crippen molar-refractivity contribution in [2.75, 3.05) is 7.11 Å². The summed E-state index contributed by atoms with van der Waals surface area (Å²) in [5.41, 5.74) is 6.82. The molecule has 20 heavy (non-hydrogen) atoms. The maximum absolute atomic E-state index is 11.9. The first-order chi connectivity index (χ1) is 8.86. The number of halogens is 2. The molecule has 4 nitrogen and oxygen atoms in total. The van der Waals surface area contributed by atoms with Crippen LogP contribution in [0.3, 0.4) is 0 Å². The first-order valence-corrected chi connectivity index (χ1v) is 7.05. The van der Waals surface area contributed by atoms with E-state index in [1.165, 1.54) is 0 Å². The van der Waals surface area contributed by atoms with Gasteiger partial charge in [0.05, 0.1) is 23.7 Å². The molecule has 1 amide bonds. The number of methoxy groups -OCH3 is 1. The van der Waals surface area contributed by atoms with Crippen molar-refractivity contribution in [2.45, 2.75) is 32.9 Å². The zero-order chi connectivity index (χ0) is 14.6. The lowest BCUT2D eigenvalue weighted by molar-refractivity contribution is -0.123. The number of benzene rings is 1. The summed E-state index contributed by atoms with van der Waals surface area (Å²) in [6, 6.07) is 5.15. The van der Waals surface area contributed by atoms with Crippen LogP contribution in [0.1, 0.15) is 32.4 Å². The average molecular weight is 366 g/mol.